The number of nitrogens with one attached hydrogen (secondary N) is 1. The highest BCUT2D eigenvalue weighted by molar-refractivity contribution is 5.76. The van der Waals surface area contributed by atoms with Crippen molar-refractivity contribution in [2.75, 3.05) is 6.54 Å². The first kappa shape index (κ1) is 18.1. The molecule has 6 heteroatoms. The Morgan fingerprint density at radius 2 is 1.96 bits per heavy atom. The summed E-state index contributed by atoms with van der Waals surface area (Å²) in [5.74, 6) is 1.08. The highest BCUT2D eigenvalue weighted by Crippen LogP contribution is 2.12. The Balaban J connectivity index is 1.76. The molecule has 1 heterocycles. The van der Waals surface area contributed by atoms with E-state index in [0.29, 0.717) is 31.1 Å². The Labute approximate surface area is 142 Å². The van der Waals surface area contributed by atoms with E-state index < -0.39 is 0 Å². The summed E-state index contributed by atoms with van der Waals surface area (Å²) in [5.41, 5.74) is 6.56. The lowest BCUT2D eigenvalue weighted by Crippen LogP contribution is -2.27. The van der Waals surface area contributed by atoms with Crippen molar-refractivity contribution in [3.63, 3.8) is 0 Å². The van der Waals surface area contributed by atoms with Crippen LogP contribution in [0.25, 0.3) is 0 Å². The maximum absolute atomic E-state index is 11.9. The van der Waals surface area contributed by atoms with Crippen LogP contribution in [0.3, 0.4) is 0 Å². The monoisotopic (exact) mass is 330 g/mol. The first-order chi connectivity index (χ1) is 11.7. The minimum absolute atomic E-state index is 0.0182. The van der Waals surface area contributed by atoms with E-state index in [4.69, 9.17) is 10.3 Å². The first-order valence-electron chi connectivity index (χ1n) is 8.55. The van der Waals surface area contributed by atoms with Gasteiger partial charge in [0.25, 0.3) is 0 Å². The molecular formula is C18H26N4O2. The molecule has 0 spiro atoms. The first-order valence-corrected chi connectivity index (χ1v) is 8.55. The molecule has 6 nitrogen and oxygen atoms in total. The van der Waals surface area contributed by atoms with Crippen LogP contribution in [0.5, 0.6) is 0 Å². The third-order valence-corrected chi connectivity index (χ3v) is 3.80. The lowest BCUT2D eigenvalue weighted by Gasteiger charge is -2.09. The fraction of sp³-hybridized carbons (Fsp3) is 0.500. The van der Waals surface area contributed by atoms with E-state index in [1.165, 1.54) is 0 Å². The topological polar surface area (TPSA) is 94.0 Å². The number of nitrogens with zero attached hydrogens (tertiary/aromatic N) is 2. The Morgan fingerprint density at radius 1 is 1.21 bits per heavy atom. The van der Waals surface area contributed by atoms with E-state index in [2.05, 4.69) is 15.5 Å². The molecule has 2 aromatic rings. The van der Waals surface area contributed by atoms with E-state index in [1.807, 2.05) is 37.3 Å². The second-order valence-electron chi connectivity index (χ2n) is 5.95. The van der Waals surface area contributed by atoms with Crippen molar-refractivity contribution in [2.45, 2.75) is 51.5 Å². The molecule has 130 valence electrons. The predicted molar refractivity (Wildman–Crippen MR) is 92.2 cm³/mol. The summed E-state index contributed by atoms with van der Waals surface area (Å²) in [4.78, 5) is 16.3. The van der Waals surface area contributed by atoms with Gasteiger partial charge in [-0.3, -0.25) is 4.79 Å². The second-order valence-corrected chi connectivity index (χ2v) is 5.95. The third-order valence-electron chi connectivity index (χ3n) is 3.80. The minimum atomic E-state index is -0.255. The molecule has 1 aromatic heterocycles. The van der Waals surface area contributed by atoms with Crippen molar-refractivity contribution in [1.82, 2.24) is 15.5 Å². The Morgan fingerprint density at radius 3 is 2.71 bits per heavy atom. The van der Waals surface area contributed by atoms with Gasteiger partial charge >= 0.3 is 0 Å². The standard InChI is InChI=1S/C18H26N4O2/c1-14(20-16(23)11-7-2-3-8-12-19)18-21-17(24-22-18)13-15-9-5-4-6-10-15/h4-6,9-10,14H,2-3,7-8,11-13,19H2,1H3,(H,20,23). The normalized spacial score (nSPS) is 12.1. The smallest absolute Gasteiger partial charge is 0.231 e. The van der Waals surface area contributed by atoms with Crippen LogP contribution < -0.4 is 11.1 Å². The van der Waals surface area contributed by atoms with Crippen LogP contribution in [0.15, 0.2) is 34.9 Å². The quantitative estimate of drug-likeness (QED) is 0.653. The summed E-state index contributed by atoms with van der Waals surface area (Å²) in [6, 6.07) is 9.69. The van der Waals surface area contributed by atoms with E-state index in [0.717, 1.165) is 31.2 Å². The van der Waals surface area contributed by atoms with Gasteiger partial charge in [0.05, 0.1) is 12.5 Å². The zero-order chi connectivity index (χ0) is 17.2. The summed E-state index contributed by atoms with van der Waals surface area (Å²) in [6.07, 6.45) is 5.11. The number of benzene rings is 1. The van der Waals surface area contributed by atoms with Gasteiger partial charge in [-0.05, 0) is 31.9 Å². The average Bonchev–Trinajstić information content (AvgIpc) is 3.04. The zero-order valence-electron chi connectivity index (χ0n) is 14.2. The Kier molecular flexibility index (Phi) is 7.42. The Hall–Kier alpha value is -2.21. The van der Waals surface area contributed by atoms with E-state index >= 15 is 0 Å². The lowest BCUT2D eigenvalue weighted by atomic mass is 10.1. The molecule has 1 unspecified atom stereocenters. The minimum Gasteiger partial charge on any atom is -0.346 e. The molecule has 0 radical (unpaired) electrons. The summed E-state index contributed by atoms with van der Waals surface area (Å²) in [5, 5.41) is 6.89. The molecule has 0 aliphatic carbocycles. The van der Waals surface area contributed by atoms with Crippen molar-refractivity contribution in [3.8, 4) is 0 Å². The van der Waals surface area contributed by atoms with Crippen LogP contribution in [0, 0.1) is 0 Å². The molecule has 1 aromatic carbocycles. The van der Waals surface area contributed by atoms with E-state index in [9.17, 15) is 4.79 Å². The molecule has 0 aliphatic heterocycles. The zero-order valence-corrected chi connectivity index (χ0v) is 14.2. The van der Waals surface area contributed by atoms with Crippen molar-refractivity contribution in [1.29, 1.82) is 0 Å². The number of unbranched alkanes of at least 4 members (excludes halogenated alkanes) is 3. The van der Waals surface area contributed by atoms with E-state index in [-0.39, 0.29) is 11.9 Å². The molecule has 0 fully saturated rings. The van der Waals surface area contributed by atoms with Crippen LogP contribution in [-0.4, -0.2) is 22.6 Å². The van der Waals surface area contributed by atoms with Crippen molar-refractivity contribution >= 4 is 5.91 Å². The maximum Gasteiger partial charge on any atom is 0.231 e. The van der Waals surface area contributed by atoms with Gasteiger partial charge in [-0.1, -0.05) is 48.3 Å². The fourth-order valence-electron chi connectivity index (χ4n) is 2.45. The molecule has 24 heavy (non-hydrogen) atoms. The van der Waals surface area contributed by atoms with Gasteiger partial charge in [0.1, 0.15) is 0 Å². The molecule has 1 amide bonds. The van der Waals surface area contributed by atoms with Crippen molar-refractivity contribution < 1.29 is 9.32 Å². The van der Waals surface area contributed by atoms with Gasteiger partial charge in [0.2, 0.25) is 11.8 Å². The average molecular weight is 330 g/mol. The highest BCUT2D eigenvalue weighted by Gasteiger charge is 2.16. The highest BCUT2D eigenvalue weighted by atomic mass is 16.5. The van der Waals surface area contributed by atoms with Crippen molar-refractivity contribution in [3.05, 3.63) is 47.6 Å². The number of nitrogens with two attached hydrogens (primary N) is 1. The largest absolute Gasteiger partial charge is 0.346 e. The second kappa shape index (κ2) is 9.82. The molecule has 2 rings (SSSR count). The van der Waals surface area contributed by atoms with Crippen LogP contribution in [0.1, 0.15) is 62.3 Å². The van der Waals surface area contributed by atoms with Gasteiger partial charge in [-0.25, -0.2) is 0 Å². The number of amides is 1. The van der Waals surface area contributed by atoms with Crippen LogP contribution in [0.2, 0.25) is 0 Å². The van der Waals surface area contributed by atoms with Crippen LogP contribution in [0.4, 0.5) is 0 Å². The number of hydrogen-bond donors (Lipinski definition) is 2. The molecule has 0 saturated heterocycles. The lowest BCUT2D eigenvalue weighted by molar-refractivity contribution is -0.121. The van der Waals surface area contributed by atoms with Gasteiger partial charge < -0.3 is 15.6 Å². The molecule has 0 bridgehead atoms. The predicted octanol–water partition coefficient (Wildman–Crippen LogP) is 2.75. The number of hydrogen-bond acceptors (Lipinski definition) is 5. The van der Waals surface area contributed by atoms with Gasteiger partial charge in [0.15, 0.2) is 5.82 Å². The fourth-order valence-corrected chi connectivity index (χ4v) is 2.45. The van der Waals surface area contributed by atoms with Crippen molar-refractivity contribution in [2.24, 2.45) is 5.73 Å². The SMILES string of the molecule is CC(NC(=O)CCCCCCN)c1noc(Cc2ccccc2)n1. The Bertz CT molecular complexity index is 612. The molecule has 0 saturated carbocycles. The molecule has 0 aliphatic rings. The van der Waals surface area contributed by atoms with Crippen LogP contribution in [-0.2, 0) is 11.2 Å². The molecule has 3 N–H and O–H groups in total. The van der Waals surface area contributed by atoms with Gasteiger partial charge in [0, 0.05) is 6.42 Å². The van der Waals surface area contributed by atoms with Gasteiger partial charge in [-0.2, -0.15) is 4.98 Å². The summed E-state index contributed by atoms with van der Waals surface area (Å²) in [6.45, 7) is 2.58. The number of aromatic nitrogens is 2. The van der Waals surface area contributed by atoms with E-state index in [1.54, 1.807) is 0 Å². The number of rotatable bonds is 10. The van der Waals surface area contributed by atoms with Crippen LogP contribution >= 0.6 is 0 Å². The summed E-state index contributed by atoms with van der Waals surface area (Å²) >= 11 is 0. The summed E-state index contributed by atoms with van der Waals surface area (Å²) in [7, 11) is 0. The third kappa shape index (κ3) is 6.12. The number of carbonyl (C=O) groups excluding carboxylic acids is 1. The maximum atomic E-state index is 11.9. The molecular weight excluding hydrogens is 304 g/mol. The number of carbonyl (C=O) groups is 1. The van der Waals surface area contributed by atoms with Gasteiger partial charge in [-0.15, -0.1) is 0 Å². The molecule has 1 atom stereocenters. The summed E-state index contributed by atoms with van der Waals surface area (Å²) < 4.78 is 5.27.